The van der Waals surface area contributed by atoms with Crippen molar-refractivity contribution in [1.82, 2.24) is 36.9 Å². The van der Waals surface area contributed by atoms with E-state index in [1.165, 1.54) is 166 Å². The first-order valence-corrected chi connectivity index (χ1v) is 55.4. The highest BCUT2D eigenvalue weighted by molar-refractivity contribution is 6.73. The normalized spacial score (nSPS) is 30.6. The van der Waals surface area contributed by atoms with Gasteiger partial charge in [-0.15, -0.1) is 6.58 Å². The van der Waals surface area contributed by atoms with Crippen LogP contribution in [0.2, 0.25) is 94.2 Å². The lowest BCUT2D eigenvalue weighted by Crippen LogP contribution is -2.56. The molecule has 7 saturated heterocycles. The molecule has 532 valence electrons. The van der Waals surface area contributed by atoms with Crippen LogP contribution in [0.3, 0.4) is 0 Å². The summed E-state index contributed by atoms with van der Waals surface area (Å²) in [6.45, 7) is 55.0. The van der Waals surface area contributed by atoms with Crippen molar-refractivity contribution in [2.24, 2.45) is 0 Å². The van der Waals surface area contributed by atoms with E-state index < -0.39 is 67.9 Å². The predicted molar refractivity (Wildman–Crippen MR) is 397 cm³/mol. The fourth-order valence-corrected chi connectivity index (χ4v) is 37.5. The van der Waals surface area contributed by atoms with E-state index in [1.807, 2.05) is 41.6 Å². The maximum atomic E-state index is 9.21. The van der Waals surface area contributed by atoms with Crippen LogP contribution >= 0.6 is 0 Å². The molecule has 0 aromatic rings. The Morgan fingerprint density at radius 2 is 0.910 bits per heavy atom. The summed E-state index contributed by atoms with van der Waals surface area (Å²) in [5, 5.41) is 9.21. The average Bonchev–Trinajstić information content (AvgIpc) is 3.52. The molecule has 0 spiro atoms. The maximum Gasteiger partial charge on any atom is 0.334 e. The lowest BCUT2D eigenvalue weighted by Gasteiger charge is -2.41. The fraction of sp³-hybridized carbons (Fsp3) is 0.968. The number of hydrogen-bond acceptors (Lipinski definition) is 18. The molecule has 7 rings (SSSR count). The minimum absolute atomic E-state index is 0.247. The third-order valence-corrected chi connectivity index (χ3v) is 51.8. The van der Waals surface area contributed by atoms with Crippen molar-refractivity contribution in [2.75, 3.05) is 175 Å². The molecule has 0 radical (unpaired) electrons. The second-order valence-corrected chi connectivity index (χ2v) is 58.5. The van der Waals surface area contributed by atoms with Crippen LogP contribution in [-0.4, -0.2) is 290 Å². The highest BCUT2D eigenvalue weighted by Crippen LogP contribution is 2.34. The first kappa shape index (κ1) is 87.8. The number of rotatable bonds is 27. The Morgan fingerprint density at radius 3 is 1.28 bits per heavy atom. The molecule has 7 aliphatic heterocycles. The topological polar surface area (TPSA) is 129 Å². The van der Waals surface area contributed by atoms with Crippen molar-refractivity contribution in [3.8, 4) is 0 Å². The molecule has 0 saturated carbocycles. The van der Waals surface area contributed by atoms with Crippen LogP contribution in [0, 0.1) is 0 Å². The van der Waals surface area contributed by atoms with E-state index in [0.717, 1.165) is 58.1 Å². The molecular weight excluding hydrogens is 1250 g/mol. The highest BCUT2D eigenvalue weighted by atomic mass is 28.4. The average molecular weight is 1400 g/mol. The molecule has 89 heavy (non-hydrogen) atoms. The van der Waals surface area contributed by atoms with E-state index in [-0.39, 0.29) is 11.8 Å². The zero-order chi connectivity index (χ0) is 67.6. The van der Waals surface area contributed by atoms with Crippen LogP contribution in [0.25, 0.3) is 0 Å². The number of aliphatic hydroxyl groups excluding tert-OH is 1. The zero-order valence-corrected chi connectivity index (χ0v) is 70.9. The summed E-state index contributed by atoms with van der Waals surface area (Å²) >= 11 is 0. The number of hydrogen-bond donors (Lipinski definition) is 1. The Bertz CT molecular complexity index is 1850. The van der Waals surface area contributed by atoms with E-state index in [1.54, 1.807) is 7.11 Å². The summed E-state index contributed by atoms with van der Waals surface area (Å²) in [5.41, 5.74) is 0.285. The molecule has 0 bridgehead atoms. The minimum atomic E-state index is -1.94. The third-order valence-electron chi connectivity index (χ3n) is 20.7. The second-order valence-electron chi connectivity index (χ2n) is 28.2. The van der Waals surface area contributed by atoms with E-state index in [9.17, 15) is 5.11 Å². The van der Waals surface area contributed by atoms with Crippen LogP contribution < -0.4 is 0 Å². The van der Waals surface area contributed by atoms with Crippen molar-refractivity contribution in [2.45, 2.75) is 226 Å². The predicted octanol–water partition coefficient (Wildman–Crippen LogP) is 12.1. The summed E-state index contributed by atoms with van der Waals surface area (Å²) in [5.74, 6) is 0. The third kappa shape index (κ3) is 28.6. The van der Waals surface area contributed by atoms with Crippen molar-refractivity contribution in [1.29, 1.82) is 0 Å². The highest BCUT2D eigenvalue weighted by Gasteiger charge is 2.47. The van der Waals surface area contributed by atoms with Gasteiger partial charge in [-0.05, 0) is 300 Å². The van der Waals surface area contributed by atoms with Gasteiger partial charge in [-0.1, -0.05) is 26.3 Å². The molecule has 26 heteroatoms. The molecule has 0 aromatic heterocycles. The molecule has 7 atom stereocenters. The van der Waals surface area contributed by atoms with Gasteiger partial charge in [-0.3, -0.25) is 9.13 Å². The molecule has 18 nitrogen and oxygen atoms in total. The van der Waals surface area contributed by atoms with Crippen LogP contribution in [0.5, 0.6) is 0 Å². The largest absolute Gasteiger partial charge is 0.406 e. The van der Waals surface area contributed by atoms with Crippen LogP contribution in [-0.2, 0) is 39.8 Å². The molecule has 1 N–H and O–H groups in total. The minimum Gasteiger partial charge on any atom is -0.406 e. The van der Waals surface area contributed by atoms with Gasteiger partial charge in [0.1, 0.15) is 0 Å². The quantitative estimate of drug-likeness (QED) is 0.0618. The maximum absolute atomic E-state index is 9.21. The summed E-state index contributed by atoms with van der Waals surface area (Å²) in [6, 6.07) is 9.97. The smallest absolute Gasteiger partial charge is 0.334 e. The van der Waals surface area contributed by atoms with Crippen molar-refractivity contribution >= 4 is 67.9 Å². The van der Waals surface area contributed by atoms with Gasteiger partial charge in [0.05, 0.1) is 6.23 Å². The Morgan fingerprint density at radius 1 is 0.506 bits per heavy atom. The molecule has 7 fully saturated rings. The lowest BCUT2D eigenvalue weighted by molar-refractivity contribution is 0.187. The van der Waals surface area contributed by atoms with Gasteiger partial charge in [0, 0.05) is 74.6 Å². The number of aliphatic hydroxyl groups is 1. The molecule has 7 aliphatic rings. The standard InChI is InChI=1S/C14H33NO3Si2.C10H24N2OSi.2C9H21NOSi.C8H17NOSi.C7H17NO2Si.C6H15NOSi/c1-6-16-19(4)13-9-11-15(19)12-10-14-20(5,17-7-2)18-8-3;1-11(2)7-5-8-12-9-6-10-14(12,4)13-3;1-9(2,3)10-7-6-8-12(10,5)11-4;1-4-5-7-10-8-6-9-12(10,3)11-2;1-4-6-9-7-5-8-11(9,3)10-2;1-3-8-5-4-6-11(8,7-9)10-2;1-7-5-4-6-9(7,3)8-2/h6-14H2,1-5H3;5-10H2,1-4H3;6-8H2,1-5H3;4-9H2,1-3H3;4H,1,5-8H2,2-3H3;9H,3-7H2,1-2H3;4-6H2,1-3H3. The summed E-state index contributed by atoms with van der Waals surface area (Å²) in [6.07, 6.45) is 16.4. The Hall–Kier alpha value is 0.755. The Labute approximate surface area is 559 Å². The van der Waals surface area contributed by atoms with Crippen LogP contribution in [0.4, 0.5) is 0 Å². The van der Waals surface area contributed by atoms with E-state index >= 15 is 0 Å². The van der Waals surface area contributed by atoms with Gasteiger partial charge in [0.15, 0.2) is 0 Å². The van der Waals surface area contributed by atoms with Gasteiger partial charge < -0.3 is 72.7 Å². The molecule has 7 heterocycles. The Balaban J connectivity index is 0.000000526. The summed E-state index contributed by atoms with van der Waals surface area (Å²) in [7, 11) is 5.05. The summed E-state index contributed by atoms with van der Waals surface area (Å²) < 4.78 is 69.1. The van der Waals surface area contributed by atoms with Gasteiger partial charge >= 0.3 is 8.56 Å². The number of nitrogens with zero attached hydrogens (tertiary/aromatic N) is 8. The van der Waals surface area contributed by atoms with Gasteiger partial charge in [-0.25, -0.2) is 0 Å². The first-order valence-electron chi connectivity index (χ1n) is 35.2. The first-order chi connectivity index (χ1) is 41.9. The van der Waals surface area contributed by atoms with E-state index in [4.69, 9.17) is 39.8 Å². The second kappa shape index (κ2) is 43.9. The van der Waals surface area contributed by atoms with Gasteiger partial charge in [-0.2, -0.15) is 0 Å². The SMILES string of the molecule is C=CCN1CCC[Si]1(C)OC.CCCCN1CCC[Si]1(C)OC.CCN1CCC[Si]1(CO)OC.CCO[Si](C)(CCCN1CCC[Si]1(C)OCC)OCC.CO[Si]1(C)CCCN1C.CO[Si]1(C)CCCN1C(C)(C)C.CO[Si]1(C)CCCN1CCCN(C)C. The summed E-state index contributed by atoms with van der Waals surface area (Å²) in [4.78, 5) is 2.25. The fourth-order valence-electron chi connectivity index (χ4n) is 14.3. The van der Waals surface area contributed by atoms with E-state index in [2.05, 4.69) is 166 Å². The Kier molecular flexibility index (Phi) is 43.3. The van der Waals surface area contributed by atoms with Crippen LogP contribution in [0.1, 0.15) is 126 Å². The monoisotopic (exact) mass is 1400 g/mol. The number of unbranched alkanes of at least 4 members (excludes halogenated alkanes) is 1. The van der Waals surface area contributed by atoms with Crippen molar-refractivity contribution in [3.05, 3.63) is 12.7 Å². The van der Waals surface area contributed by atoms with Crippen LogP contribution in [0.15, 0.2) is 12.7 Å². The molecule has 0 aliphatic carbocycles. The lowest BCUT2D eigenvalue weighted by atomic mass is 10.1. The zero-order valence-electron chi connectivity index (χ0n) is 62.9. The van der Waals surface area contributed by atoms with E-state index in [0.29, 0.717) is 0 Å². The molecule has 0 amide bonds. The van der Waals surface area contributed by atoms with Crippen molar-refractivity contribution in [3.63, 3.8) is 0 Å². The molecule has 7 unspecified atom stereocenters. The van der Waals surface area contributed by atoms with Gasteiger partial charge in [0.2, 0.25) is 0 Å². The molecule has 0 aromatic carbocycles. The van der Waals surface area contributed by atoms with Crippen molar-refractivity contribution < 1.29 is 44.9 Å². The molecular formula is C63H148N8O10Si8. The van der Waals surface area contributed by atoms with Gasteiger partial charge in [0.25, 0.3) is 59.4 Å².